The highest BCUT2D eigenvalue weighted by atomic mass is 16.5. The van der Waals surface area contributed by atoms with E-state index in [-0.39, 0.29) is 19.0 Å². The number of aryl methyl sites for hydroxylation is 1. The molecule has 1 fully saturated rings. The first-order valence-electron chi connectivity index (χ1n) is 9.95. The second-order valence-electron chi connectivity index (χ2n) is 7.68. The molecule has 3 amide bonds. The van der Waals surface area contributed by atoms with Gasteiger partial charge in [-0.1, -0.05) is 32.0 Å². The van der Waals surface area contributed by atoms with Crippen molar-refractivity contribution in [1.29, 1.82) is 0 Å². The third-order valence-electron chi connectivity index (χ3n) is 5.13. The van der Waals surface area contributed by atoms with Crippen molar-refractivity contribution in [2.75, 3.05) is 37.0 Å². The van der Waals surface area contributed by atoms with Crippen molar-refractivity contribution in [2.45, 2.75) is 26.7 Å². The van der Waals surface area contributed by atoms with Crippen LogP contribution in [0.4, 0.5) is 11.4 Å². The van der Waals surface area contributed by atoms with Crippen molar-refractivity contribution >= 4 is 29.1 Å². The zero-order valence-corrected chi connectivity index (χ0v) is 17.8. The number of amides is 3. The topological polar surface area (TPSA) is 79.0 Å². The molecule has 1 aliphatic rings. The summed E-state index contributed by atoms with van der Waals surface area (Å²) in [4.78, 5) is 40.4. The van der Waals surface area contributed by atoms with Crippen LogP contribution in [0.25, 0.3) is 0 Å². The number of anilines is 2. The first kappa shape index (κ1) is 21.4. The van der Waals surface area contributed by atoms with Crippen molar-refractivity contribution in [3.63, 3.8) is 0 Å². The Hall–Kier alpha value is -3.35. The van der Waals surface area contributed by atoms with Gasteiger partial charge in [0.2, 0.25) is 5.91 Å². The summed E-state index contributed by atoms with van der Waals surface area (Å²) in [6, 6.07) is 13.1. The van der Waals surface area contributed by atoms with Crippen LogP contribution in [-0.2, 0) is 14.4 Å². The Kier molecular flexibility index (Phi) is 6.40. The first-order chi connectivity index (χ1) is 14.3. The fourth-order valence-corrected chi connectivity index (χ4v) is 3.39. The Bertz CT molecular complexity index is 953. The lowest BCUT2D eigenvalue weighted by Gasteiger charge is -2.34. The van der Waals surface area contributed by atoms with Crippen LogP contribution in [-0.4, -0.2) is 49.4 Å². The Morgan fingerprint density at radius 2 is 1.77 bits per heavy atom. The van der Waals surface area contributed by atoms with Gasteiger partial charge in [-0.15, -0.1) is 0 Å². The van der Waals surface area contributed by atoms with Crippen molar-refractivity contribution in [1.82, 2.24) is 4.90 Å². The average molecular weight is 409 g/mol. The van der Waals surface area contributed by atoms with E-state index in [4.69, 9.17) is 4.74 Å². The molecule has 1 N–H and O–H groups in total. The number of carbonyl (C=O) groups is 3. The summed E-state index contributed by atoms with van der Waals surface area (Å²) in [5, 5.41) is 2.78. The monoisotopic (exact) mass is 409 g/mol. The second kappa shape index (κ2) is 8.98. The summed E-state index contributed by atoms with van der Waals surface area (Å²) in [6.07, 6.45) is 0. The Labute approximate surface area is 176 Å². The molecule has 0 spiro atoms. The lowest BCUT2D eigenvalue weighted by Crippen LogP contribution is -2.56. The van der Waals surface area contributed by atoms with Crippen LogP contribution in [0, 0.1) is 6.92 Å². The summed E-state index contributed by atoms with van der Waals surface area (Å²) in [7, 11) is 1.52. The SMILES string of the molecule is COc1ccc(C)cc1N1CCN(CC(=O)Nc2ccc(C(C)C)cc2)C(=O)C1=O. The molecule has 0 aromatic heterocycles. The molecular formula is C23H27N3O4. The van der Waals surface area contributed by atoms with Gasteiger partial charge in [0.25, 0.3) is 0 Å². The molecule has 2 aromatic carbocycles. The molecule has 1 heterocycles. The number of methoxy groups -OCH3 is 1. The highest BCUT2D eigenvalue weighted by Crippen LogP contribution is 2.30. The smallest absolute Gasteiger partial charge is 0.316 e. The summed E-state index contributed by atoms with van der Waals surface area (Å²) in [6.45, 7) is 6.49. The fraction of sp³-hybridized carbons (Fsp3) is 0.348. The van der Waals surface area contributed by atoms with E-state index in [1.165, 1.54) is 22.5 Å². The summed E-state index contributed by atoms with van der Waals surface area (Å²) >= 11 is 0. The predicted molar refractivity (Wildman–Crippen MR) is 116 cm³/mol. The molecule has 0 unspecified atom stereocenters. The maximum absolute atomic E-state index is 12.7. The van der Waals surface area contributed by atoms with Crippen molar-refractivity contribution in [2.24, 2.45) is 0 Å². The van der Waals surface area contributed by atoms with Crippen LogP contribution in [0.2, 0.25) is 0 Å². The molecule has 7 nitrogen and oxygen atoms in total. The molecule has 158 valence electrons. The normalized spacial score (nSPS) is 14.3. The van der Waals surface area contributed by atoms with Gasteiger partial charge in [-0.2, -0.15) is 0 Å². The second-order valence-corrected chi connectivity index (χ2v) is 7.68. The summed E-state index contributed by atoms with van der Waals surface area (Å²) in [5.41, 5.74) is 3.35. The lowest BCUT2D eigenvalue weighted by molar-refractivity contribution is -0.147. The molecule has 0 saturated carbocycles. The maximum atomic E-state index is 12.7. The highest BCUT2D eigenvalue weighted by molar-refractivity contribution is 6.41. The van der Waals surface area contributed by atoms with Crippen LogP contribution < -0.4 is 15.0 Å². The van der Waals surface area contributed by atoms with Crippen LogP contribution in [0.15, 0.2) is 42.5 Å². The molecule has 0 atom stereocenters. The van der Waals surface area contributed by atoms with Crippen LogP contribution >= 0.6 is 0 Å². The van der Waals surface area contributed by atoms with Gasteiger partial charge in [0, 0.05) is 18.8 Å². The molecule has 0 radical (unpaired) electrons. The Balaban J connectivity index is 1.64. The Morgan fingerprint density at radius 3 is 2.40 bits per heavy atom. The lowest BCUT2D eigenvalue weighted by atomic mass is 10.0. The number of nitrogens with zero attached hydrogens (tertiary/aromatic N) is 2. The number of ether oxygens (including phenoxy) is 1. The van der Waals surface area contributed by atoms with Crippen LogP contribution in [0.3, 0.4) is 0 Å². The van der Waals surface area contributed by atoms with Gasteiger partial charge in [-0.05, 0) is 48.2 Å². The molecule has 0 aliphatic carbocycles. The molecule has 3 rings (SSSR count). The van der Waals surface area contributed by atoms with Crippen molar-refractivity contribution in [3.8, 4) is 5.75 Å². The standard InChI is InChI=1S/C23H27N3O4/c1-15(2)17-6-8-18(9-7-17)24-21(27)14-25-11-12-26(23(29)22(25)28)19-13-16(3)5-10-20(19)30-4/h5-10,13,15H,11-12,14H2,1-4H3,(H,24,27). The van der Waals surface area contributed by atoms with E-state index in [1.54, 1.807) is 6.07 Å². The third kappa shape index (κ3) is 4.62. The van der Waals surface area contributed by atoms with Gasteiger partial charge in [-0.3, -0.25) is 19.3 Å². The Morgan fingerprint density at radius 1 is 1.07 bits per heavy atom. The molecule has 2 aromatic rings. The number of piperazine rings is 1. The van der Waals surface area contributed by atoms with Gasteiger partial charge in [0.1, 0.15) is 12.3 Å². The first-order valence-corrected chi connectivity index (χ1v) is 9.95. The quantitative estimate of drug-likeness (QED) is 0.744. The van der Waals surface area contributed by atoms with Gasteiger partial charge in [0.05, 0.1) is 12.8 Å². The van der Waals surface area contributed by atoms with Gasteiger partial charge >= 0.3 is 11.8 Å². The van der Waals surface area contributed by atoms with E-state index in [0.717, 1.165) is 5.56 Å². The molecule has 0 bridgehead atoms. The molecule has 1 aliphatic heterocycles. The summed E-state index contributed by atoms with van der Waals surface area (Å²) < 4.78 is 5.34. The number of benzene rings is 2. The van der Waals surface area contributed by atoms with Gasteiger partial charge in [0.15, 0.2) is 0 Å². The van der Waals surface area contributed by atoms with E-state index in [1.807, 2.05) is 43.3 Å². The number of rotatable bonds is 6. The van der Waals surface area contributed by atoms with E-state index < -0.39 is 11.8 Å². The van der Waals surface area contributed by atoms with Gasteiger partial charge < -0.3 is 15.0 Å². The van der Waals surface area contributed by atoms with Crippen LogP contribution in [0.5, 0.6) is 5.75 Å². The average Bonchev–Trinajstić information content (AvgIpc) is 2.72. The minimum atomic E-state index is -0.699. The fourth-order valence-electron chi connectivity index (χ4n) is 3.39. The minimum absolute atomic E-state index is 0.171. The van der Waals surface area contributed by atoms with Gasteiger partial charge in [-0.25, -0.2) is 0 Å². The number of hydrogen-bond acceptors (Lipinski definition) is 4. The number of nitrogens with one attached hydrogen (secondary N) is 1. The number of carbonyl (C=O) groups excluding carboxylic acids is 3. The van der Waals surface area contributed by atoms with Crippen molar-refractivity contribution in [3.05, 3.63) is 53.6 Å². The highest BCUT2D eigenvalue weighted by Gasteiger charge is 2.35. The molecule has 7 heteroatoms. The number of hydrogen-bond donors (Lipinski definition) is 1. The zero-order valence-electron chi connectivity index (χ0n) is 17.8. The van der Waals surface area contributed by atoms with E-state index in [9.17, 15) is 14.4 Å². The minimum Gasteiger partial charge on any atom is -0.495 e. The van der Waals surface area contributed by atoms with E-state index in [2.05, 4.69) is 19.2 Å². The third-order valence-corrected chi connectivity index (χ3v) is 5.13. The van der Waals surface area contributed by atoms with Crippen LogP contribution in [0.1, 0.15) is 30.9 Å². The largest absolute Gasteiger partial charge is 0.495 e. The van der Waals surface area contributed by atoms with Crippen molar-refractivity contribution < 1.29 is 19.1 Å². The molecule has 1 saturated heterocycles. The van der Waals surface area contributed by atoms with E-state index >= 15 is 0 Å². The molecule has 30 heavy (non-hydrogen) atoms. The maximum Gasteiger partial charge on any atom is 0.316 e. The molecular weight excluding hydrogens is 382 g/mol. The van der Waals surface area contributed by atoms with E-state index in [0.29, 0.717) is 29.6 Å². The zero-order chi connectivity index (χ0) is 21.8. The predicted octanol–water partition coefficient (Wildman–Crippen LogP) is 2.94. The summed E-state index contributed by atoms with van der Waals surface area (Å²) in [5.74, 6) is -0.774.